The second kappa shape index (κ2) is 5.59. The Hall–Kier alpha value is -1.68. The molecule has 90 valence electrons. The summed E-state index contributed by atoms with van der Waals surface area (Å²) in [6, 6.07) is 4.17. The lowest BCUT2D eigenvalue weighted by Crippen LogP contribution is -2.21. The van der Waals surface area contributed by atoms with Crippen molar-refractivity contribution >= 4 is 0 Å². The predicted octanol–water partition coefficient (Wildman–Crippen LogP) is 2.27. The predicted molar refractivity (Wildman–Crippen MR) is 65.6 cm³/mol. The molecule has 1 N–H and O–H groups in total. The van der Waals surface area contributed by atoms with Crippen LogP contribution in [-0.2, 0) is 6.42 Å². The highest BCUT2D eigenvalue weighted by Gasteiger charge is 2.09. The monoisotopic (exact) mass is 231 g/mol. The molecule has 0 aliphatic carbocycles. The molecule has 0 saturated carbocycles. The Balaban J connectivity index is 1.79. The van der Waals surface area contributed by atoms with Crippen LogP contribution < -0.4 is 5.32 Å². The zero-order valence-electron chi connectivity index (χ0n) is 10.2. The Morgan fingerprint density at radius 3 is 2.94 bits per heavy atom. The summed E-state index contributed by atoms with van der Waals surface area (Å²) in [5.41, 5.74) is 1.23. The largest absolute Gasteiger partial charge is 0.444 e. The van der Waals surface area contributed by atoms with Crippen molar-refractivity contribution in [1.82, 2.24) is 15.3 Å². The molecule has 2 heterocycles. The van der Waals surface area contributed by atoms with Crippen LogP contribution in [-0.4, -0.2) is 16.5 Å². The van der Waals surface area contributed by atoms with E-state index in [0.29, 0.717) is 0 Å². The molecule has 0 spiro atoms. The van der Waals surface area contributed by atoms with Gasteiger partial charge in [0.1, 0.15) is 5.76 Å². The summed E-state index contributed by atoms with van der Waals surface area (Å²) in [5, 5.41) is 3.38. The van der Waals surface area contributed by atoms with E-state index in [2.05, 4.69) is 28.3 Å². The topological polar surface area (TPSA) is 51.0 Å². The van der Waals surface area contributed by atoms with Crippen molar-refractivity contribution in [2.24, 2.45) is 0 Å². The number of nitrogens with zero attached hydrogens (tertiary/aromatic N) is 2. The van der Waals surface area contributed by atoms with Gasteiger partial charge in [0.25, 0.3) is 0 Å². The van der Waals surface area contributed by atoms with Gasteiger partial charge in [0.05, 0.1) is 12.2 Å². The average Bonchev–Trinajstić information content (AvgIpc) is 2.77. The summed E-state index contributed by atoms with van der Waals surface area (Å²) >= 11 is 0. The summed E-state index contributed by atoms with van der Waals surface area (Å²) in [6.45, 7) is 4.83. The maximum absolute atomic E-state index is 5.46. The molecule has 0 radical (unpaired) electrons. The second-order valence-electron chi connectivity index (χ2n) is 4.10. The molecule has 1 unspecified atom stereocenters. The van der Waals surface area contributed by atoms with E-state index in [9.17, 15) is 0 Å². The fourth-order valence-electron chi connectivity index (χ4n) is 1.64. The number of oxazole rings is 1. The van der Waals surface area contributed by atoms with Crippen LogP contribution in [0.3, 0.4) is 0 Å². The molecule has 2 aromatic heterocycles. The van der Waals surface area contributed by atoms with E-state index < -0.39 is 0 Å². The highest BCUT2D eigenvalue weighted by atomic mass is 16.4. The molecule has 0 aliphatic rings. The molecular weight excluding hydrogens is 214 g/mol. The summed E-state index contributed by atoms with van der Waals surface area (Å²) in [6.07, 6.45) is 6.38. The number of pyridine rings is 1. The van der Waals surface area contributed by atoms with Crippen molar-refractivity contribution in [3.05, 3.63) is 47.9 Å². The highest BCUT2D eigenvalue weighted by molar-refractivity contribution is 5.08. The molecule has 2 rings (SSSR count). The summed E-state index contributed by atoms with van der Waals surface area (Å²) in [7, 11) is 0. The molecule has 17 heavy (non-hydrogen) atoms. The molecule has 4 heteroatoms. The minimum atomic E-state index is 0.139. The van der Waals surface area contributed by atoms with Gasteiger partial charge in [0.15, 0.2) is 0 Å². The molecule has 0 amide bonds. The molecule has 0 bridgehead atoms. The van der Waals surface area contributed by atoms with Crippen molar-refractivity contribution < 1.29 is 4.42 Å². The summed E-state index contributed by atoms with van der Waals surface area (Å²) in [4.78, 5) is 8.29. The van der Waals surface area contributed by atoms with E-state index in [1.807, 2.05) is 19.2 Å². The fraction of sp³-hybridized carbons (Fsp3) is 0.385. The van der Waals surface area contributed by atoms with E-state index in [0.717, 1.165) is 24.6 Å². The van der Waals surface area contributed by atoms with Gasteiger partial charge < -0.3 is 9.73 Å². The molecular formula is C13H17N3O. The molecule has 2 aromatic rings. The number of rotatable bonds is 5. The van der Waals surface area contributed by atoms with Gasteiger partial charge in [0, 0.05) is 12.4 Å². The van der Waals surface area contributed by atoms with Crippen LogP contribution in [0, 0.1) is 6.92 Å². The third-order valence-corrected chi connectivity index (χ3v) is 2.60. The van der Waals surface area contributed by atoms with Gasteiger partial charge in [0.2, 0.25) is 5.89 Å². The van der Waals surface area contributed by atoms with Crippen LogP contribution in [0.4, 0.5) is 0 Å². The molecule has 0 aromatic carbocycles. The van der Waals surface area contributed by atoms with E-state index in [1.165, 1.54) is 5.56 Å². The Labute approximate surface area is 101 Å². The van der Waals surface area contributed by atoms with Gasteiger partial charge in [-0.2, -0.15) is 0 Å². The third kappa shape index (κ3) is 3.39. The van der Waals surface area contributed by atoms with Crippen LogP contribution >= 0.6 is 0 Å². The second-order valence-corrected chi connectivity index (χ2v) is 4.10. The van der Waals surface area contributed by atoms with E-state index in [-0.39, 0.29) is 6.04 Å². The van der Waals surface area contributed by atoms with E-state index in [4.69, 9.17) is 4.42 Å². The first kappa shape index (κ1) is 11.8. The molecule has 0 fully saturated rings. The maximum atomic E-state index is 5.46. The van der Waals surface area contributed by atoms with Gasteiger partial charge in [-0.05, 0) is 38.4 Å². The number of hydrogen-bond donors (Lipinski definition) is 1. The lowest BCUT2D eigenvalue weighted by molar-refractivity contribution is 0.404. The van der Waals surface area contributed by atoms with Crippen molar-refractivity contribution in [3.8, 4) is 0 Å². The van der Waals surface area contributed by atoms with Gasteiger partial charge in [-0.25, -0.2) is 4.98 Å². The van der Waals surface area contributed by atoms with Gasteiger partial charge in [-0.15, -0.1) is 0 Å². The van der Waals surface area contributed by atoms with E-state index >= 15 is 0 Å². The quantitative estimate of drug-likeness (QED) is 0.857. The van der Waals surface area contributed by atoms with Crippen molar-refractivity contribution in [1.29, 1.82) is 0 Å². The van der Waals surface area contributed by atoms with Gasteiger partial charge >= 0.3 is 0 Å². The molecule has 1 atom stereocenters. The highest BCUT2D eigenvalue weighted by Crippen LogP contribution is 2.11. The minimum Gasteiger partial charge on any atom is -0.444 e. The number of aromatic nitrogens is 2. The smallest absolute Gasteiger partial charge is 0.211 e. The SMILES string of the molecule is Cc1cnc(C(C)NCCc2cccnc2)o1. The minimum absolute atomic E-state index is 0.139. The van der Waals surface area contributed by atoms with Crippen molar-refractivity contribution in [2.45, 2.75) is 26.3 Å². The zero-order chi connectivity index (χ0) is 12.1. The van der Waals surface area contributed by atoms with Gasteiger partial charge in [-0.1, -0.05) is 6.07 Å². The first-order valence-electron chi connectivity index (χ1n) is 5.80. The normalized spacial score (nSPS) is 12.6. The lowest BCUT2D eigenvalue weighted by atomic mass is 10.2. The Morgan fingerprint density at radius 1 is 1.41 bits per heavy atom. The van der Waals surface area contributed by atoms with Crippen LogP contribution in [0.5, 0.6) is 0 Å². The standard InChI is InChI=1S/C13H17N3O/c1-10-8-16-13(17-10)11(2)15-7-5-12-4-3-6-14-9-12/h3-4,6,8-9,11,15H,5,7H2,1-2H3. The zero-order valence-corrected chi connectivity index (χ0v) is 10.2. The van der Waals surface area contributed by atoms with Crippen LogP contribution in [0.1, 0.15) is 30.2 Å². The average molecular weight is 231 g/mol. The third-order valence-electron chi connectivity index (χ3n) is 2.60. The first-order valence-corrected chi connectivity index (χ1v) is 5.80. The van der Waals surface area contributed by atoms with E-state index in [1.54, 1.807) is 12.4 Å². The number of hydrogen-bond acceptors (Lipinski definition) is 4. The maximum Gasteiger partial charge on any atom is 0.211 e. The molecule has 0 saturated heterocycles. The van der Waals surface area contributed by atoms with Gasteiger partial charge in [-0.3, -0.25) is 4.98 Å². The Kier molecular flexibility index (Phi) is 3.88. The first-order chi connectivity index (χ1) is 8.25. The Bertz CT molecular complexity index is 453. The molecule has 0 aliphatic heterocycles. The summed E-state index contributed by atoms with van der Waals surface area (Å²) in [5.74, 6) is 1.59. The fourth-order valence-corrected chi connectivity index (χ4v) is 1.64. The van der Waals surface area contributed by atoms with Crippen LogP contribution in [0.2, 0.25) is 0 Å². The number of aryl methyl sites for hydroxylation is 1. The Morgan fingerprint density at radius 2 is 2.29 bits per heavy atom. The summed E-state index contributed by atoms with van der Waals surface area (Å²) < 4.78 is 5.46. The van der Waals surface area contributed by atoms with Crippen LogP contribution in [0.15, 0.2) is 35.1 Å². The van der Waals surface area contributed by atoms with Crippen LogP contribution in [0.25, 0.3) is 0 Å². The van der Waals surface area contributed by atoms with Crippen molar-refractivity contribution in [3.63, 3.8) is 0 Å². The lowest BCUT2D eigenvalue weighted by Gasteiger charge is -2.09. The number of nitrogens with one attached hydrogen (secondary N) is 1. The van der Waals surface area contributed by atoms with Crippen molar-refractivity contribution in [2.75, 3.05) is 6.54 Å². The molecule has 4 nitrogen and oxygen atoms in total.